The van der Waals surface area contributed by atoms with Crippen molar-refractivity contribution in [2.75, 3.05) is 6.61 Å². The van der Waals surface area contributed by atoms with Crippen molar-refractivity contribution in [1.82, 2.24) is 0 Å². The molecule has 2 bridgehead atoms. The van der Waals surface area contributed by atoms with E-state index in [1.54, 1.807) is 26.0 Å². The minimum absolute atomic E-state index is 0.176. The lowest BCUT2D eigenvalue weighted by Crippen LogP contribution is -2.72. The van der Waals surface area contributed by atoms with Crippen molar-refractivity contribution < 1.29 is 54.1 Å². The Morgan fingerprint density at radius 2 is 1.74 bits per heavy atom. The number of hydrogen-bond donors (Lipinski definition) is 5. The monoisotopic (exact) mass is 596 g/mol. The van der Waals surface area contributed by atoms with Gasteiger partial charge in [0.1, 0.15) is 35.0 Å². The number of allylic oxidation sites excluding steroid dienone is 4. The Morgan fingerprint density at radius 3 is 2.35 bits per heavy atom. The average molecular weight is 597 g/mol. The number of carbonyl (C=O) groups excluding carboxylic acids is 2. The van der Waals surface area contributed by atoms with Gasteiger partial charge in [-0.3, -0.25) is 9.59 Å². The van der Waals surface area contributed by atoms with Crippen LogP contribution in [0.3, 0.4) is 0 Å². The Balaban J connectivity index is 1.64. The number of hydrogen-bond acceptors (Lipinski definition) is 10. The van der Waals surface area contributed by atoms with Crippen molar-refractivity contribution in [3.05, 3.63) is 57.9 Å². The summed E-state index contributed by atoms with van der Waals surface area (Å²) in [6.07, 6.45) is 3.59. The fourth-order valence-corrected chi connectivity index (χ4v) is 8.54. The Kier molecular flexibility index (Phi) is 6.36. The van der Waals surface area contributed by atoms with Crippen LogP contribution in [0.4, 0.5) is 0 Å². The summed E-state index contributed by atoms with van der Waals surface area (Å²) >= 11 is 0. The molecular weight excluding hydrogens is 560 g/mol. The van der Waals surface area contributed by atoms with Crippen molar-refractivity contribution in [1.29, 1.82) is 0 Å². The first-order chi connectivity index (χ1) is 20.1. The first kappa shape index (κ1) is 29.6. The van der Waals surface area contributed by atoms with E-state index in [2.05, 4.69) is 0 Å². The molecule has 11 heteroatoms. The van der Waals surface area contributed by atoms with E-state index in [0.29, 0.717) is 16.7 Å². The molecule has 0 spiro atoms. The van der Waals surface area contributed by atoms with Crippen LogP contribution in [0.1, 0.15) is 73.7 Å². The number of carboxylic acid groups (broad SMARTS) is 1. The van der Waals surface area contributed by atoms with E-state index in [-0.39, 0.29) is 17.2 Å². The Labute approximate surface area is 248 Å². The third-order valence-electron chi connectivity index (χ3n) is 10.6. The van der Waals surface area contributed by atoms with Crippen LogP contribution in [0.15, 0.2) is 35.6 Å². The third-order valence-corrected chi connectivity index (χ3v) is 10.6. The van der Waals surface area contributed by atoms with Gasteiger partial charge in [-0.25, -0.2) is 4.79 Å². The molecule has 11 nitrogen and oxygen atoms in total. The molecule has 10 atom stereocenters. The Morgan fingerprint density at radius 1 is 1.07 bits per heavy atom. The van der Waals surface area contributed by atoms with Crippen LogP contribution >= 0.6 is 0 Å². The van der Waals surface area contributed by atoms with Crippen LogP contribution in [0.5, 0.6) is 11.5 Å². The maximum absolute atomic E-state index is 14.3. The number of benzene rings is 1. The molecule has 3 heterocycles. The van der Waals surface area contributed by atoms with E-state index < -0.39 is 94.1 Å². The number of aliphatic hydroxyl groups excluding tert-OH is 2. The molecule has 1 saturated heterocycles. The van der Waals surface area contributed by atoms with E-state index in [1.807, 2.05) is 13.8 Å². The molecule has 5 N–H and O–H groups in total. The number of carbonyl (C=O) groups is 3. The molecule has 0 radical (unpaired) electrons. The smallest absolute Gasteiger partial charge is 0.343 e. The van der Waals surface area contributed by atoms with E-state index >= 15 is 0 Å². The molecule has 4 fully saturated rings. The number of fused-ring (bicyclic) bond motifs is 4. The Hall–Kier alpha value is -3.51. The lowest BCUT2D eigenvalue weighted by atomic mass is 9.44. The zero-order valence-corrected chi connectivity index (χ0v) is 24.7. The third kappa shape index (κ3) is 3.42. The van der Waals surface area contributed by atoms with Crippen molar-refractivity contribution >= 4 is 17.5 Å². The lowest BCUT2D eigenvalue weighted by Gasteiger charge is -2.58. The molecular formula is C32H36O11. The van der Waals surface area contributed by atoms with Crippen LogP contribution in [0.25, 0.3) is 0 Å². The average Bonchev–Trinajstić information content (AvgIpc) is 3.29. The highest BCUT2D eigenvalue weighted by Crippen LogP contribution is 2.70. The van der Waals surface area contributed by atoms with E-state index in [4.69, 9.17) is 14.2 Å². The molecule has 43 heavy (non-hydrogen) atoms. The largest absolute Gasteiger partial charge is 0.508 e. The van der Waals surface area contributed by atoms with Crippen molar-refractivity contribution in [2.45, 2.75) is 77.2 Å². The summed E-state index contributed by atoms with van der Waals surface area (Å²) in [6.45, 7) is 8.95. The van der Waals surface area contributed by atoms with Gasteiger partial charge in [0.15, 0.2) is 11.6 Å². The number of ketones is 2. The van der Waals surface area contributed by atoms with Crippen molar-refractivity contribution in [3.8, 4) is 11.5 Å². The Bertz CT molecular complexity index is 1570. The molecule has 3 saturated carbocycles. The van der Waals surface area contributed by atoms with Gasteiger partial charge in [0.2, 0.25) is 5.79 Å². The minimum atomic E-state index is -2.14. The summed E-state index contributed by atoms with van der Waals surface area (Å²) in [7, 11) is 0. The predicted octanol–water partition coefficient (Wildman–Crippen LogP) is 3.16. The highest BCUT2D eigenvalue weighted by atomic mass is 16.7. The van der Waals surface area contributed by atoms with Gasteiger partial charge < -0.3 is 39.7 Å². The predicted molar refractivity (Wildman–Crippen MR) is 150 cm³/mol. The van der Waals surface area contributed by atoms with Gasteiger partial charge >= 0.3 is 5.97 Å². The zero-order chi connectivity index (χ0) is 31.5. The zero-order valence-electron chi connectivity index (χ0n) is 24.7. The van der Waals surface area contributed by atoms with Gasteiger partial charge in [0.05, 0.1) is 35.6 Å². The molecule has 0 unspecified atom stereocenters. The molecule has 3 aliphatic carbocycles. The highest BCUT2D eigenvalue weighted by Gasteiger charge is 2.80. The van der Waals surface area contributed by atoms with E-state index in [9.17, 15) is 39.9 Å². The summed E-state index contributed by atoms with van der Waals surface area (Å²) < 4.78 is 19.3. The second kappa shape index (κ2) is 9.25. The molecule has 3 aliphatic heterocycles. The van der Waals surface area contributed by atoms with Crippen LogP contribution in [0, 0.1) is 30.1 Å². The topological polar surface area (TPSA) is 180 Å². The van der Waals surface area contributed by atoms with Crippen molar-refractivity contribution in [3.63, 3.8) is 0 Å². The number of ether oxygens (including phenoxy) is 3. The van der Waals surface area contributed by atoms with Gasteiger partial charge in [-0.05, 0) is 51.8 Å². The molecule has 1 aromatic rings. The van der Waals surface area contributed by atoms with Crippen molar-refractivity contribution in [2.24, 2.45) is 23.2 Å². The SMILES string of the molecule is C/C=C/C=C/C(O)=C1/C(=O)[C@]2(C)C(=O)[C@@](C)(O)[C@H]1[C@@H]1O[C@@]3(CO)Oc4c(C(=O)O)c(O)c(C)c5c4[C@H](O[C@H](C)[C@H]5C)[C@H]3[C@@H]12. The number of rotatable bonds is 4. The number of Topliss-reactive ketones (excluding diaryl/α,β-unsaturated/α-hetero) is 2. The second-order valence-electron chi connectivity index (χ2n) is 12.7. The fraction of sp³-hybridized carbons (Fsp3) is 0.531. The summed E-state index contributed by atoms with van der Waals surface area (Å²) in [4.78, 5) is 40.8. The molecule has 0 aromatic heterocycles. The number of aromatic hydroxyl groups is 1. The minimum Gasteiger partial charge on any atom is -0.508 e. The highest BCUT2D eigenvalue weighted by molar-refractivity contribution is 6.21. The molecule has 230 valence electrons. The maximum atomic E-state index is 14.3. The number of phenols is 1. The molecule has 7 rings (SSSR count). The second-order valence-corrected chi connectivity index (χ2v) is 12.7. The lowest BCUT2D eigenvalue weighted by molar-refractivity contribution is -0.253. The molecule has 0 amide bonds. The van der Waals surface area contributed by atoms with Crippen LogP contribution in [0.2, 0.25) is 0 Å². The van der Waals surface area contributed by atoms with E-state index in [0.717, 1.165) is 0 Å². The van der Waals surface area contributed by atoms with Crippen LogP contribution in [-0.2, 0) is 19.1 Å². The number of aromatic carboxylic acids is 1. The standard InChI is InChI=1S/C32H36O11/c1-7-8-9-10-15(34)17-20-26-21(30(5,27(17)36)29(39)31(20,6)40)22-25-18-16(12(2)14(4)41-25)13(3)23(35)19(28(37)38)24(18)42-32(22,11-33)43-26/h7-10,12,14,20-22,25-26,33-35,40H,11H2,1-6H3,(H,37,38)/b8-7+,10-9+,17-15-/t12-,14-,20-,21+,22-,25+,26+,30-,31+,32-/m1/s1. The van der Waals surface area contributed by atoms with Gasteiger partial charge in [0, 0.05) is 23.0 Å². The van der Waals surface area contributed by atoms with E-state index in [1.165, 1.54) is 26.0 Å². The quantitative estimate of drug-likeness (QED) is 0.149. The summed E-state index contributed by atoms with van der Waals surface area (Å²) in [5.41, 5.74) is -3.43. The fourth-order valence-electron chi connectivity index (χ4n) is 8.54. The number of carboxylic acids is 1. The summed E-state index contributed by atoms with van der Waals surface area (Å²) in [5, 5.41) is 54.9. The first-order valence-electron chi connectivity index (χ1n) is 14.4. The normalized spacial score (nSPS) is 42.2. The van der Waals surface area contributed by atoms with Crippen LogP contribution in [-0.4, -0.2) is 73.3 Å². The first-order valence-corrected chi connectivity index (χ1v) is 14.4. The van der Waals surface area contributed by atoms with Gasteiger partial charge in [0.25, 0.3) is 0 Å². The number of aliphatic hydroxyl groups is 3. The van der Waals surface area contributed by atoms with Crippen LogP contribution < -0.4 is 4.74 Å². The van der Waals surface area contributed by atoms with Gasteiger partial charge in [-0.15, -0.1) is 0 Å². The molecule has 6 aliphatic rings. The molecule has 1 aromatic carbocycles. The van der Waals surface area contributed by atoms with Gasteiger partial charge in [-0.2, -0.15) is 0 Å². The summed E-state index contributed by atoms with van der Waals surface area (Å²) in [6, 6.07) is 0. The van der Waals surface area contributed by atoms with Gasteiger partial charge in [-0.1, -0.05) is 25.2 Å². The maximum Gasteiger partial charge on any atom is 0.343 e. The summed E-state index contributed by atoms with van der Waals surface area (Å²) in [5.74, 6) is -9.66.